The van der Waals surface area contributed by atoms with Crippen LogP contribution in [0.1, 0.15) is 6.92 Å². The number of pyridine rings is 1. The van der Waals surface area contributed by atoms with E-state index in [0.717, 1.165) is 54.2 Å². The number of anilines is 2. The minimum Gasteiger partial charge on any atom is -0.371 e. The number of sulfonamides is 1. The van der Waals surface area contributed by atoms with Crippen LogP contribution in [0.5, 0.6) is 0 Å². The van der Waals surface area contributed by atoms with Gasteiger partial charge in [-0.1, -0.05) is 12.1 Å². The van der Waals surface area contributed by atoms with Gasteiger partial charge in [0.15, 0.2) is 5.82 Å². The fourth-order valence-electron chi connectivity index (χ4n) is 5.68. The average molecular weight is 524 g/mol. The normalized spacial score (nSPS) is 26.5. The number of hydrogen-bond acceptors (Lipinski definition) is 9. The van der Waals surface area contributed by atoms with Crippen LogP contribution < -0.4 is 15.5 Å². The summed E-state index contributed by atoms with van der Waals surface area (Å²) in [6.45, 7) is 8.02. The minimum absolute atomic E-state index is 0.321. The van der Waals surface area contributed by atoms with Gasteiger partial charge in [0.05, 0.1) is 29.7 Å². The SMILES string of the molecule is C[C@@]1(CNc2nc(-c3ccc(N4CC5CN(S(C)(=O)=O)CC5C4)cc3)cc3nccnc23)CNCCO1. The zero-order valence-electron chi connectivity index (χ0n) is 21.2. The Balaban J connectivity index is 1.20. The predicted octanol–water partition coefficient (Wildman–Crippen LogP) is 1.81. The molecule has 0 saturated carbocycles. The molecule has 3 aliphatic heterocycles. The number of ether oxygens (including phenoxy) is 1. The van der Waals surface area contributed by atoms with Gasteiger partial charge in [0, 0.05) is 69.5 Å². The Morgan fingerprint density at radius 3 is 2.51 bits per heavy atom. The third kappa shape index (κ3) is 5.00. The minimum atomic E-state index is -3.11. The Labute approximate surface area is 217 Å². The van der Waals surface area contributed by atoms with E-state index in [9.17, 15) is 8.42 Å². The maximum atomic E-state index is 11.9. The van der Waals surface area contributed by atoms with Crippen molar-refractivity contribution in [1.82, 2.24) is 24.6 Å². The summed E-state index contributed by atoms with van der Waals surface area (Å²) in [6, 6.07) is 10.4. The van der Waals surface area contributed by atoms with Crippen LogP contribution >= 0.6 is 0 Å². The van der Waals surface area contributed by atoms with E-state index in [1.54, 1.807) is 16.7 Å². The average Bonchev–Trinajstić information content (AvgIpc) is 3.48. The van der Waals surface area contributed by atoms with Gasteiger partial charge in [0.2, 0.25) is 10.0 Å². The van der Waals surface area contributed by atoms with Gasteiger partial charge in [0.1, 0.15) is 5.52 Å². The van der Waals surface area contributed by atoms with E-state index in [4.69, 9.17) is 9.72 Å². The highest BCUT2D eigenvalue weighted by Gasteiger charge is 2.42. The second kappa shape index (κ2) is 9.46. The fraction of sp³-hybridized carbons (Fsp3) is 0.500. The lowest BCUT2D eigenvalue weighted by Gasteiger charge is -2.34. The van der Waals surface area contributed by atoms with Gasteiger partial charge in [-0.05, 0) is 37.0 Å². The Hall–Kier alpha value is -2.86. The molecular weight excluding hydrogens is 490 g/mol. The third-order valence-corrected chi connectivity index (χ3v) is 9.00. The van der Waals surface area contributed by atoms with Crippen molar-refractivity contribution >= 4 is 32.6 Å². The summed E-state index contributed by atoms with van der Waals surface area (Å²) in [4.78, 5) is 16.4. The summed E-state index contributed by atoms with van der Waals surface area (Å²) in [5.41, 5.74) is 4.19. The number of morpholine rings is 1. The zero-order valence-corrected chi connectivity index (χ0v) is 22.0. The molecule has 3 aliphatic rings. The first-order valence-corrected chi connectivity index (χ1v) is 14.6. The largest absolute Gasteiger partial charge is 0.371 e. The highest BCUT2D eigenvalue weighted by atomic mass is 32.2. The van der Waals surface area contributed by atoms with Gasteiger partial charge in [-0.15, -0.1) is 0 Å². The van der Waals surface area contributed by atoms with Crippen LogP contribution in [-0.4, -0.2) is 92.0 Å². The molecule has 3 aromatic rings. The van der Waals surface area contributed by atoms with E-state index in [0.29, 0.717) is 43.9 Å². The summed E-state index contributed by atoms with van der Waals surface area (Å²) in [5, 5.41) is 6.86. The molecule has 0 radical (unpaired) electrons. The van der Waals surface area contributed by atoms with Crippen molar-refractivity contribution in [2.24, 2.45) is 11.8 Å². The van der Waals surface area contributed by atoms with Gasteiger partial charge in [-0.3, -0.25) is 4.98 Å². The van der Waals surface area contributed by atoms with Crippen molar-refractivity contribution in [3.05, 3.63) is 42.7 Å². The summed E-state index contributed by atoms with van der Waals surface area (Å²) in [6.07, 6.45) is 4.69. The maximum Gasteiger partial charge on any atom is 0.211 e. The molecule has 0 aliphatic carbocycles. The van der Waals surface area contributed by atoms with Gasteiger partial charge < -0.3 is 20.3 Å². The van der Waals surface area contributed by atoms with Crippen molar-refractivity contribution in [2.45, 2.75) is 12.5 Å². The van der Waals surface area contributed by atoms with Crippen LogP contribution in [-0.2, 0) is 14.8 Å². The second-order valence-corrected chi connectivity index (χ2v) is 12.6. The quantitative estimate of drug-likeness (QED) is 0.499. The van der Waals surface area contributed by atoms with Crippen LogP contribution in [0, 0.1) is 11.8 Å². The van der Waals surface area contributed by atoms with Crippen molar-refractivity contribution in [3.8, 4) is 11.3 Å². The molecular formula is C26H33N7O3S. The Morgan fingerprint density at radius 2 is 1.84 bits per heavy atom. The molecule has 2 unspecified atom stereocenters. The number of fused-ring (bicyclic) bond motifs is 2. The van der Waals surface area contributed by atoms with E-state index >= 15 is 0 Å². The lowest BCUT2D eigenvalue weighted by molar-refractivity contribution is -0.0425. The van der Waals surface area contributed by atoms with Gasteiger partial charge in [-0.25, -0.2) is 22.7 Å². The molecule has 11 heteroatoms. The molecule has 5 heterocycles. The van der Waals surface area contributed by atoms with E-state index in [-0.39, 0.29) is 5.60 Å². The number of aromatic nitrogens is 3. The lowest BCUT2D eigenvalue weighted by atomic mass is 10.0. The first-order chi connectivity index (χ1) is 17.8. The fourth-order valence-corrected chi connectivity index (χ4v) is 6.60. The van der Waals surface area contributed by atoms with Crippen molar-refractivity contribution in [3.63, 3.8) is 0 Å². The Kier molecular flexibility index (Phi) is 6.26. The standard InChI is InChI=1S/C26H33N7O3S/c1-26(16-27-9-10-36-26)17-30-25-24-23(28-7-8-29-24)11-22(31-25)18-3-5-21(6-4-18)32-12-19-14-33(37(2,34)35)15-20(19)13-32/h3-8,11,19-20,27H,9-10,12-17H2,1-2H3,(H,30,31)/t19?,20?,26-/m0/s1. The number of nitrogens with zero attached hydrogens (tertiary/aromatic N) is 5. The molecule has 0 spiro atoms. The van der Waals surface area contributed by atoms with E-state index < -0.39 is 10.0 Å². The molecule has 196 valence electrons. The van der Waals surface area contributed by atoms with Crippen LogP contribution in [0.15, 0.2) is 42.7 Å². The van der Waals surface area contributed by atoms with Gasteiger partial charge in [-0.2, -0.15) is 0 Å². The zero-order chi connectivity index (χ0) is 25.6. The summed E-state index contributed by atoms with van der Waals surface area (Å²) in [5.74, 6) is 1.46. The van der Waals surface area contributed by atoms with Gasteiger partial charge in [0.25, 0.3) is 0 Å². The Morgan fingerprint density at radius 1 is 1.11 bits per heavy atom. The first kappa shape index (κ1) is 24.5. The van der Waals surface area contributed by atoms with Crippen LogP contribution in [0.3, 0.4) is 0 Å². The van der Waals surface area contributed by atoms with Crippen LogP contribution in [0.4, 0.5) is 11.5 Å². The smallest absolute Gasteiger partial charge is 0.211 e. The highest BCUT2D eigenvalue weighted by molar-refractivity contribution is 7.88. The molecule has 2 aromatic heterocycles. The second-order valence-electron chi connectivity index (χ2n) is 10.7. The summed E-state index contributed by atoms with van der Waals surface area (Å²) < 4.78 is 31.5. The summed E-state index contributed by atoms with van der Waals surface area (Å²) in [7, 11) is -3.11. The third-order valence-electron chi connectivity index (χ3n) is 7.76. The Bertz CT molecular complexity index is 1380. The van der Waals surface area contributed by atoms with Gasteiger partial charge >= 0.3 is 0 Å². The lowest BCUT2D eigenvalue weighted by Crippen LogP contribution is -2.51. The molecule has 10 nitrogen and oxygen atoms in total. The van der Waals surface area contributed by atoms with Crippen molar-refractivity contribution in [2.75, 3.05) is 68.9 Å². The maximum absolute atomic E-state index is 11.9. The topological polar surface area (TPSA) is 113 Å². The molecule has 3 atom stereocenters. The predicted molar refractivity (Wildman–Crippen MR) is 144 cm³/mol. The number of benzene rings is 1. The molecule has 1 aromatic carbocycles. The number of nitrogens with one attached hydrogen (secondary N) is 2. The van der Waals surface area contributed by atoms with E-state index in [2.05, 4.69) is 56.7 Å². The van der Waals surface area contributed by atoms with Crippen LogP contribution in [0.2, 0.25) is 0 Å². The molecule has 3 saturated heterocycles. The van der Waals surface area contributed by atoms with Crippen molar-refractivity contribution < 1.29 is 13.2 Å². The monoisotopic (exact) mass is 523 g/mol. The van der Waals surface area contributed by atoms with E-state index in [1.165, 1.54) is 6.26 Å². The molecule has 37 heavy (non-hydrogen) atoms. The number of hydrogen-bond donors (Lipinski definition) is 2. The van der Waals surface area contributed by atoms with Crippen LogP contribution in [0.25, 0.3) is 22.3 Å². The number of rotatable bonds is 6. The summed E-state index contributed by atoms with van der Waals surface area (Å²) >= 11 is 0. The molecule has 0 bridgehead atoms. The highest BCUT2D eigenvalue weighted by Crippen LogP contribution is 2.36. The molecule has 0 amide bonds. The molecule has 3 fully saturated rings. The first-order valence-electron chi connectivity index (χ1n) is 12.8. The van der Waals surface area contributed by atoms with E-state index in [1.807, 2.05) is 6.07 Å². The van der Waals surface area contributed by atoms with Crippen molar-refractivity contribution in [1.29, 1.82) is 0 Å². The molecule has 6 rings (SSSR count). The molecule has 2 N–H and O–H groups in total.